The second-order valence-corrected chi connectivity index (χ2v) is 9.40. The first-order valence-corrected chi connectivity index (χ1v) is 11.3. The Kier molecular flexibility index (Phi) is 6.59. The summed E-state index contributed by atoms with van der Waals surface area (Å²) in [6.07, 6.45) is 1.31. The number of amides is 1. The average molecular weight is 417 g/mol. The van der Waals surface area contributed by atoms with E-state index in [4.69, 9.17) is 4.74 Å². The third kappa shape index (κ3) is 4.79. The maximum Gasteiger partial charge on any atom is 0.246 e. The van der Waals surface area contributed by atoms with Crippen LogP contribution in [0.1, 0.15) is 36.9 Å². The number of rotatable bonds is 6. The Bertz CT molecular complexity index is 960. The van der Waals surface area contributed by atoms with Crippen molar-refractivity contribution in [3.63, 3.8) is 0 Å². The molecule has 0 bridgehead atoms. The summed E-state index contributed by atoms with van der Waals surface area (Å²) in [6.45, 7) is 4.35. The molecule has 2 aromatic rings. The van der Waals surface area contributed by atoms with Gasteiger partial charge in [-0.05, 0) is 49.9 Å². The maximum atomic E-state index is 13.2. The van der Waals surface area contributed by atoms with Gasteiger partial charge in [0.05, 0.1) is 19.1 Å². The van der Waals surface area contributed by atoms with Crippen LogP contribution in [0.2, 0.25) is 0 Å². The van der Waals surface area contributed by atoms with Gasteiger partial charge in [-0.2, -0.15) is 4.31 Å². The minimum Gasteiger partial charge on any atom is -0.495 e. The van der Waals surface area contributed by atoms with Gasteiger partial charge in [-0.15, -0.1) is 0 Å². The number of sulfonamides is 1. The standard InChI is InChI=1S/C22H28N2O4S/c1-16-11-12-20(28-3)21(14-16)29(26,27)24-13-7-10-19(15-24)22(25)23-17(2)18-8-5-4-6-9-18/h4-6,8-9,11-12,14,17,19H,7,10,13,15H2,1-3H3,(H,23,25)/t17-,19-/m0/s1. The highest BCUT2D eigenvalue weighted by Gasteiger charge is 2.35. The second-order valence-electron chi connectivity index (χ2n) is 7.50. The van der Waals surface area contributed by atoms with Gasteiger partial charge in [0.15, 0.2) is 0 Å². The topological polar surface area (TPSA) is 75.7 Å². The number of piperidine rings is 1. The lowest BCUT2D eigenvalue weighted by molar-refractivity contribution is -0.126. The van der Waals surface area contributed by atoms with Crippen molar-refractivity contribution in [1.29, 1.82) is 0 Å². The van der Waals surface area contributed by atoms with Crippen molar-refractivity contribution < 1.29 is 17.9 Å². The van der Waals surface area contributed by atoms with Crippen molar-refractivity contribution in [2.75, 3.05) is 20.2 Å². The summed E-state index contributed by atoms with van der Waals surface area (Å²) in [5.41, 5.74) is 1.86. The van der Waals surface area contributed by atoms with Crippen molar-refractivity contribution in [3.05, 3.63) is 59.7 Å². The van der Waals surface area contributed by atoms with Crippen LogP contribution in [0.3, 0.4) is 0 Å². The van der Waals surface area contributed by atoms with E-state index in [9.17, 15) is 13.2 Å². The summed E-state index contributed by atoms with van der Waals surface area (Å²) in [5.74, 6) is -0.169. The molecule has 6 nitrogen and oxygen atoms in total. The van der Waals surface area contributed by atoms with E-state index in [2.05, 4.69) is 5.32 Å². The molecule has 2 aromatic carbocycles. The normalized spacial score (nSPS) is 18.8. The second kappa shape index (κ2) is 8.97. The molecule has 0 spiro atoms. The van der Waals surface area contributed by atoms with E-state index in [1.165, 1.54) is 11.4 Å². The number of aryl methyl sites for hydroxylation is 1. The Morgan fingerprint density at radius 3 is 2.62 bits per heavy atom. The molecular weight excluding hydrogens is 388 g/mol. The summed E-state index contributed by atoms with van der Waals surface area (Å²) in [6, 6.07) is 14.7. The zero-order valence-electron chi connectivity index (χ0n) is 17.1. The van der Waals surface area contributed by atoms with Crippen LogP contribution in [0.15, 0.2) is 53.4 Å². The van der Waals surface area contributed by atoms with Gasteiger partial charge >= 0.3 is 0 Å². The lowest BCUT2D eigenvalue weighted by atomic mass is 9.98. The number of nitrogens with one attached hydrogen (secondary N) is 1. The van der Waals surface area contributed by atoms with Gasteiger partial charge in [0.2, 0.25) is 15.9 Å². The molecule has 0 aliphatic carbocycles. The molecule has 156 valence electrons. The van der Waals surface area contributed by atoms with Gasteiger partial charge in [0, 0.05) is 13.1 Å². The molecule has 0 unspecified atom stereocenters. The Morgan fingerprint density at radius 1 is 1.21 bits per heavy atom. The van der Waals surface area contributed by atoms with Gasteiger partial charge in [-0.1, -0.05) is 36.4 Å². The Balaban J connectivity index is 1.75. The third-order valence-electron chi connectivity index (χ3n) is 5.35. The fraction of sp³-hybridized carbons (Fsp3) is 0.409. The number of hydrogen-bond acceptors (Lipinski definition) is 4. The van der Waals surface area contributed by atoms with E-state index < -0.39 is 10.0 Å². The van der Waals surface area contributed by atoms with E-state index in [0.717, 1.165) is 11.1 Å². The van der Waals surface area contributed by atoms with Crippen molar-refractivity contribution in [3.8, 4) is 5.75 Å². The number of nitrogens with zero attached hydrogens (tertiary/aromatic N) is 1. The summed E-state index contributed by atoms with van der Waals surface area (Å²) in [4.78, 5) is 13.0. The molecule has 1 N–H and O–H groups in total. The SMILES string of the molecule is COc1ccc(C)cc1S(=O)(=O)N1CCC[C@H](C(=O)N[C@@H](C)c2ccccc2)C1. The minimum atomic E-state index is -3.75. The van der Waals surface area contributed by atoms with Gasteiger partial charge in [0.25, 0.3) is 0 Å². The Morgan fingerprint density at radius 2 is 1.93 bits per heavy atom. The zero-order valence-corrected chi connectivity index (χ0v) is 17.9. The third-order valence-corrected chi connectivity index (χ3v) is 7.24. The molecule has 1 heterocycles. The summed E-state index contributed by atoms with van der Waals surface area (Å²) in [7, 11) is -2.29. The summed E-state index contributed by atoms with van der Waals surface area (Å²) in [5, 5.41) is 3.02. The monoisotopic (exact) mass is 416 g/mol. The fourth-order valence-electron chi connectivity index (χ4n) is 3.66. The van der Waals surface area contributed by atoms with Crippen molar-refractivity contribution in [1.82, 2.24) is 9.62 Å². The van der Waals surface area contributed by atoms with Crippen LogP contribution in [-0.4, -0.2) is 38.8 Å². The first kappa shape index (κ1) is 21.3. The zero-order chi connectivity index (χ0) is 21.0. The predicted octanol–water partition coefficient (Wildman–Crippen LogP) is 3.28. The van der Waals surface area contributed by atoms with Crippen LogP contribution in [0.25, 0.3) is 0 Å². The fourth-order valence-corrected chi connectivity index (χ4v) is 5.42. The molecule has 29 heavy (non-hydrogen) atoms. The molecule has 7 heteroatoms. The number of benzene rings is 2. The molecule has 1 saturated heterocycles. The molecule has 1 fully saturated rings. The number of methoxy groups -OCH3 is 1. The molecule has 1 aliphatic rings. The number of hydrogen-bond donors (Lipinski definition) is 1. The predicted molar refractivity (Wildman–Crippen MR) is 112 cm³/mol. The maximum absolute atomic E-state index is 13.2. The van der Waals surface area contributed by atoms with Crippen LogP contribution < -0.4 is 10.1 Å². The first-order valence-electron chi connectivity index (χ1n) is 9.83. The lowest BCUT2D eigenvalue weighted by Crippen LogP contribution is -2.45. The average Bonchev–Trinajstić information content (AvgIpc) is 2.74. The van der Waals surface area contributed by atoms with Crippen LogP contribution in [-0.2, 0) is 14.8 Å². The van der Waals surface area contributed by atoms with E-state index in [1.54, 1.807) is 12.1 Å². The highest BCUT2D eigenvalue weighted by molar-refractivity contribution is 7.89. The highest BCUT2D eigenvalue weighted by atomic mass is 32.2. The van der Waals surface area contributed by atoms with Gasteiger partial charge in [-0.25, -0.2) is 8.42 Å². The van der Waals surface area contributed by atoms with Crippen molar-refractivity contribution in [2.24, 2.45) is 5.92 Å². The number of carbonyl (C=O) groups excluding carboxylic acids is 1. The van der Waals surface area contributed by atoms with Crippen molar-refractivity contribution in [2.45, 2.75) is 37.6 Å². The Hall–Kier alpha value is -2.38. The number of ether oxygens (including phenoxy) is 1. The Labute approximate surface area is 172 Å². The lowest BCUT2D eigenvalue weighted by Gasteiger charge is -2.32. The van der Waals surface area contributed by atoms with Crippen LogP contribution in [0, 0.1) is 12.8 Å². The smallest absolute Gasteiger partial charge is 0.246 e. The van der Waals surface area contributed by atoms with Crippen LogP contribution in [0.4, 0.5) is 0 Å². The quantitative estimate of drug-likeness (QED) is 0.784. The van der Waals surface area contributed by atoms with Crippen LogP contribution >= 0.6 is 0 Å². The van der Waals surface area contributed by atoms with Crippen molar-refractivity contribution >= 4 is 15.9 Å². The summed E-state index contributed by atoms with van der Waals surface area (Å²) < 4.78 is 33.2. The molecule has 1 amide bonds. The first-order chi connectivity index (χ1) is 13.8. The molecule has 0 aromatic heterocycles. The molecule has 0 saturated carbocycles. The van der Waals surface area contributed by atoms with Crippen LogP contribution in [0.5, 0.6) is 5.75 Å². The molecule has 2 atom stereocenters. The molecule has 0 radical (unpaired) electrons. The van der Waals surface area contributed by atoms with Gasteiger partial charge in [-0.3, -0.25) is 4.79 Å². The molecule has 1 aliphatic heterocycles. The van der Waals surface area contributed by atoms with Gasteiger partial charge < -0.3 is 10.1 Å². The largest absolute Gasteiger partial charge is 0.495 e. The van der Waals surface area contributed by atoms with E-state index in [0.29, 0.717) is 25.1 Å². The number of carbonyl (C=O) groups is 1. The minimum absolute atomic E-state index is 0.113. The van der Waals surface area contributed by atoms with E-state index in [-0.39, 0.29) is 29.3 Å². The molecular formula is C22H28N2O4S. The van der Waals surface area contributed by atoms with Gasteiger partial charge in [0.1, 0.15) is 10.6 Å². The molecule has 3 rings (SSSR count). The highest BCUT2D eigenvalue weighted by Crippen LogP contribution is 2.30. The van der Waals surface area contributed by atoms with E-state index in [1.807, 2.05) is 50.2 Å². The van der Waals surface area contributed by atoms with E-state index >= 15 is 0 Å². The summed E-state index contributed by atoms with van der Waals surface area (Å²) >= 11 is 0.